The molecule has 0 aliphatic rings. The fraction of sp³-hybridized carbons (Fsp3) is 0.143. The fourth-order valence-corrected chi connectivity index (χ4v) is 3.82. The minimum absolute atomic E-state index is 0.184. The first-order valence-electron chi connectivity index (χ1n) is 8.47. The summed E-state index contributed by atoms with van der Waals surface area (Å²) in [7, 11) is -3.55. The lowest BCUT2D eigenvalue weighted by atomic mass is 10.1. The lowest BCUT2D eigenvalue weighted by Gasteiger charge is -2.21. The van der Waals surface area contributed by atoms with E-state index in [1.165, 1.54) is 0 Å². The molecule has 134 valence electrons. The van der Waals surface area contributed by atoms with Crippen LogP contribution < -0.4 is 10.0 Å². The molecule has 0 saturated carbocycles. The number of hydrogen-bond donors (Lipinski definition) is 2. The van der Waals surface area contributed by atoms with Gasteiger partial charge in [0.2, 0.25) is 10.0 Å². The maximum Gasteiger partial charge on any atom is 0.240 e. The lowest BCUT2D eigenvalue weighted by molar-refractivity contribution is 0.576. The average molecular weight is 366 g/mol. The second kappa shape index (κ2) is 8.17. The van der Waals surface area contributed by atoms with Gasteiger partial charge in [-0.05, 0) is 42.3 Å². The SMILES string of the molecule is Cc1cccc(N[C@H](CNS(=O)(=O)c2ccccc2)c2ccccc2)c1. The van der Waals surface area contributed by atoms with Gasteiger partial charge in [0.15, 0.2) is 0 Å². The number of sulfonamides is 1. The third kappa shape index (κ3) is 4.71. The van der Waals surface area contributed by atoms with Crippen molar-refractivity contribution >= 4 is 15.7 Å². The Morgan fingerprint density at radius 1 is 0.846 bits per heavy atom. The van der Waals surface area contributed by atoms with Crippen molar-refractivity contribution in [2.45, 2.75) is 17.9 Å². The highest BCUT2D eigenvalue weighted by atomic mass is 32.2. The van der Waals surface area contributed by atoms with Gasteiger partial charge in [-0.25, -0.2) is 13.1 Å². The number of benzene rings is 3. The van der Waals surface area contributed by atoms with E-state index < -0.39 is 10.0 Å². The Labute approximate surface area is 155 Å². The molecule has 3 aromatic carbocycles. The number of nitrogens with one attached hydrogen (secondary N) is 2. The molecule has 0 amide bonds. The van der Waals surface area contributed by atoms with Crippen LogP contribution >= 0.6 is 0 Å². The minimum Gasteiger partial charge on any atom is -0.377 e. The average Bonchev–Trinajstić information content (AvgIpc) is 2.66. The van der Waals surface area contributed by atoms with Crippen LogP contribution in [0.3, 0.4) is 0 Å². The number of hydrogen-bond acceptors (Lipinski definition) is 3. The van der Waals surface area contributed by atoms with Crippen molar-refractivity contribution in [2.24, 2.45) is 0 Å². The van der Waals surface area contributed by atoms with E-state index in [1.807, 2.05) is 61.5 Å². The maximum absolute atomic E-state index is 12.5. The molecule has 0 fully saturated rings. The predicted octanol–water partition coefficient (Wildman–Crippen LogP) is 4.13. The van der Waals surface area contributed by atoms with Crippen molar-refractivity contribution in [3.63, 3.8) is 0 Å². The van der Waals surface area contributed by atoms with E-state index in [0.29, 0.717) is 0 Å². The Morgan fingerprint density at radius 2 is 1.50 bits per heavy atom. The summed E-state index contributed by atoms with van der Waals surface area (Å²) in [6, 6.07) is 26.1. The Hall–Kier alpha value is -2.63. The Morgan fingerprint density at radius 3 is 2.15 bits per heavy atom. The van der Waals surface area contributed by atoms with Crippen molar-refractivity contribution in [1.29, 1.82) is 0 Å². The molecule has 2 N–H and O–H groups in total. The predicted molar refractivity (Wildman–Crippen MR) is 106 cm³/mol. The van der Waals surface area contributed by atoms with Crippen molar-refractivity contribution in [3.8, 4) is 0 Å². The first-order chi connectivity index (χ1) is 12.5. The van der Waals surface area contributed by atoms with E-state index >= 15 is 0 Å². The Kier molecular flexibility index (Phi) is 5.71. The molecule has 0 aliphatic carbocycles. The van der Waals surface area contributed by atoms with Crippen LogP contribution in [0.2, 0.25) is 0 Å². The van der Waals surface area contributed by atoms with Crippen LogP contribution in [0, 0.1) is 6.92 Å². The van der Waals surface area contributed by atoms with Gasteiger partial charge in [-0.2, -0.15) is 0 Å². The Balaban J connectivity index is 1.80. The highest BCUT2D eigenvalue weighted by Crippen LogP contribution is 2.20. The number of anilines is 1. The summed E-state index contributed by atoms with van der Waals surface area (Å²) in [4.78, 5) is 0.266. The summed E-state index contributed by atoms with van der Waals surface area (Å²) in [5.41, 5.74) is 3.12. The molecule has 5 heteroatoms. The summed E-state index contributed by atoms with van der Waals surface area (Å²) in [5, 5.41) is 3.43. The first kappa shape index (κ1) is 18.2. The fourth-order valence-electron chi connectivity index (χ4n) is 2.75. The van der Waals surface area contributed by atoms with E-state index in [1.54, 1.807) is 30.3 Å². The maximum atomic E-state index is 12.5. The normalized spacial score (nSPS) is 12.5. The van der Waals surface area contributed by atoms with E-state index in [-0.39, 0.29) is 17.5 Å². The molecule has 0 unspecified atom stereocenters. The standard InChI is InChI=1S/C21H22N2O2S/c1-17-9-8-12-19(15-17)23-21(18-10-4-2-5-11-18)16-22-26(24,25)20-13-6-3-7-14-20/h2-15,21-23H,16H2,1H3/t21-/m1/s1. The molecular weight excluding hydrogens is 344 g/mol. The van der Waals surface area contributed by atoms with Crippen LogP contribution in [0.5, 0.6) is 0 Å². The molecule has 0 heterocycles. The van der Waals surface area contributed by atoms with Crippen molar-refractivity contribution in [1.82, 2.24) is 4.72 Å². The number of aryl methyl sites for hydroxylation is 1. The van der Waals surface area contributed by atoms with E-state index in [2.05, 4.69) is 10.0 Å². The molecule has 26 heavy (non-hydrogen) atoms. The molecule has 0 radical (unpaired) electrons. The highest BCUT2D eigenvalue weighted by Gasteiger charge is 2.18. The molecule has 0 aliphatic heterocycles. The molecule has 3 rings (SSSR count). The van der Waals surface area contributed by atoms with Gasteiger partial charge in [0, 0.05) is 12.2 Å². The topological polar surface area (TPSA) is 58.2 Å². The van der Waals surface area contributed by atoms with Crippen molar-refractivity contribution < 1.29 is 8.42 Å². The summed E-state index contributed by atoms with van der Waals surface area (Å²) >= 11 is 0. The van der Waals surface area contributed by atoms with Crippen LogP contribution in [0.15, 0.2) is 89.8 Å². The third-order valence-electron chi connectivity index (χ3n) is 4.09. The highest BCUT2D eigenvalue weighted by molar-refractivity contribution is 7.89. The van der Waals surface area contributed by atoms with Gasteiger partial charge in [-0.15, -0.1) is 0 Å². The van der Waals surface area contributed by atoms with Gasteiger partial charge in [0.05, 0.1) is 10.9 Å². The van der Waals surface area contributed by atoms with Gasteiger partial charge < -0.3 is 5.32 Å². The molecule has 4 nitrogen and oxygen atoms in total. The molecule has 0 aromatic heterocycles. The largest absolute Gasteiger partial charge is 0.377 e. The van der Waals surface area contributed by atoms with Crippen LogP contribution in [0.1, 0.15) is 17.2 Å². The van der Waals surface area contributed by atoms with Gasteiger partial charge >= 0.3 is 0 Å². The second-order valence-electron chi connectivity index (χ2n) is 6.14. The smallest absolute Gasteiger partial charge is 0.240 e. The summed E-state index contributed by atoms with van der Waals surface area (Å²) in [5.74, 6) is 0. The van der Waals surface area contributed by atoms with E-state index in [4.69, 9.17) is 0 Å². The number of rotatable bonds is 7. The Bertz CT molecular complexity index is 942. The molecular formula is C21H22N2O2S. The minimum atomic E-state index is -3.55. The van der Waals surface area contributed by atoms with E-state index in [9.17, 15) is 8.42 Å². The molecule has 0 bridgehead atoms. The zero-order valence-corrected chi connectivity index (χ0v) is 15.4. The molecule has 1 atom stereocenters. The van der Waals surface area contributed by atoms with Crippen LogP contribution in [-0.4, -0.2) is 15.0 Å². The van der Waals surface area contributed by atoms with Crippen LogP contribution in [-0.2, 0) is 10.0 Å². The first-order valence-corrected chi connectivity index (χ1v) is 9.96. The summed E-state index contributed by atoms with van der Waals surface area (Å²) in [6.45, 7) is 2.27. The third-order valence-corrected chi connectivity index (χ3v) is 5.53. The van der Waals surface area contributed by atoms with E-state index in [0.717, 1.165) is 16.8 Å². The quantitative estimate of drug-likeness (QED) is 0.661. The van der Waals surface area contributed by atoms with Gasteiger partial charge in [0.25, 0.3) is 0 Å². The van der Waals surface area contributed by atoms with Gasteiger partial charge in [0.1, 0.15) is 0 Å². The van der Waals surface area contributed by atoms with Crippen molar-refractivity contribution in [2.75, 3.05) is 11.9 Å². The van der Waals surface area contributed by atoms with Crippen LogP contribution in [0.25, 0.3) is 0 Å². The van der Waals surface area contributed by atoms with Gasteiger partial charge in [-0.1, -0.05) is 60.7 Å². The van der Waals surface area contributed by atoms with Gasteiger partial charge in [-0.3, -0.25) is 0 Å². The zero-order valence-electron chi connectivity index (χ0n) is 14.6. The zero-order chi connectivity index (χ0) is 18.4. The monoisotopic (exact) mass is 366 g/mol. The van der Waals surface area contributed by atoms with Crippen LogP contribution in [0.4, 0.5) is 5.69 Å². The molecule has 3 aromatic rings. The summed E-state index contributed by atoms with van der Waals surface area (Å²) < 4.78 is 27.8. The van der Waals surface area contributed by atoms with Crippen molar-refractivity contribution in [3.05, 3.63) is 96.1 Å². The second-order valence-corrected chi connectivity index (χ2v) is 7.91. The lowest BCUT2D eigenvalue weighted by Crippen LogP contribution is -2.31. The summed E-state index contributed by atoms with van der Waals surface area (Å²) in [6.07, 6.45) is 0. The molecule has 0 spiro atoms. The molecule has 0 saturated heterocycles.